The molecule has 0 aliphatic heterocycles. The molecule has 0 radical (unpaired) electrons. The average molecular weight is 286 g/mol. The zero-order valence-corrected chi connectivity index (χ0v) is 12.8. The fraction of sp³-hybridized carbons (Fsp3) is 0.562. The number of hydrogen-bond donors (Lipinski definition) is 1. The first-order chi connectivity index (χ1) is 10.2. The minimum atomic E-state index is -0.0391. The molecule has 0 spiro atoms. The summed E-state index contributed by atoms with van der Waals surface area (Å²) in [4.78, 5) is 18.4. The Hall–Kier alpha value is -2.09. The number of nitrogens with one attached hydrogen (secondary N) is 1. The number of likely N-dealkylation sites (N-methyl/N-ethyl adjacent to an activating group) is 2. The maximum Gasteiger partial charge on any atom is 0.239 e. The van der Waals surface area contributed by atoms with Crippen molar-refractivity contribution in [2.24, 2.45) is 0 Å². The summed E-state index contributed by atoms with van der Waals surface area (Å²) in [6, 6.07) is 4.19. The van der Waals surface area contributed by atoms with Gasteiger partial charge in [-0.3, -0.25) is 4.79 Å². The number of pyridine rings is 1. The van der Waals surface area contributed by atoms with Crippen LogP contribution in [0.25, 0.3) is 0 Å². The Balaban J connectivity index is 2.31. The zero-order chi connectivity index (χ0) is 15.2. The molecule has 0 aromatic carbocycles. The average Bonchev–Trinajstić information content (AvgIpc) is 2.51. The van der Waals surface area contributed by atoms with Crippen LogP contribution in [0.15, 0.2) is 6.07 Å². The van der Waals surface area contributed by atoms with Gasteiger partial charge in [-0.2, -0.15) is 5.26 Å². The largest absolute Gasteiger partial charge is 0.355 e. The van der Waals surface area contributed by atoms with Crippen molar-refractivity contribution in [3.63, 3.8) is 0 Å². The highest BCUT2D eigenvalue weighted by atomic mass is 16.2. The minimum Gasteiger partial charge on any atom is -0.355 e. The van der Waals surface area contributed by atoms with E-state index in [9.17, 15) is 10.1 Å². The van der Waals surface area contributed by atoms with Crippen LogP contribution in [0.3, 0.4) is 0 Å². The number of rotatable bonds is 5. The van der Waals surface area contributed by atoms with Gasteiger partial charge >= 0.3 is 0 Å². The molecule has 1 aliphatic carbocycles. The van der Waals surface area contributed by atoms with E-state index in [1.54, 1.807) is 0 Å². The summed E-state index contributed by atoms with van der Waals surface area (Å²) < 4.78 is 0. The third kappa shape index (κ3) is 3.52. The molecule has 0 saturated carbocycles. The molecule has 0 fully saturated rings. The molecular weight excluding hydrogens is 264 g/mol. The van der Waals surface area contributed by atoms with E-state index < -0.39 is 0 Å². The summed E-state index contributed by atoms with van der Waals surface area (Å²) >= 11 is 0. The lowest BCUT2D eigenvalue weighted by Gasteiger charge is -2.25. The van der Waals surface area contributed by atoms with Gasteiger partial charge in [-0.15, -0.1) is 0 Å². The number of nitrogens with zero attached hydrogens (tertiary/aromatic N) is 3. The standard InChI is InChI=1S/C16H22N4O/c1-3-18-15(21)11-20(4-2)16-13(10-17)9-12-7-5-6-8-14(12)19-16/h9H,3-8,11H2,1-2H3,(H,18,21). The first-order valence-corrected chi connectivity index (χ1v) is 7.64. The lowest BCUT2D eigenvalue weighted by Crippen LogP contribution is -2.38. The highest BCUT2D eigenvalue weighted by Crippen LogP contribution is 2.26. The fourth-order valence-electron chi connectivity index (χ4n) is 2.71. The predicted octanol–water partition coefficient (Wildman–Crippen LogP) is 1.79. The van der Waals surface area contributed by atoms with Gasteiger partial charge in [-0.25, -0.2) is 4.98 Å². The molecule has 1 amide bonds. The minimum absolute atomic E-state index is 0.0391. The van der Waals surface area contributed by atoms with Crippen LogP contribution in [0, 0.1) is 11.3 Å². The first-order valence-electron chi connectivity index (χ1n) is 7.64. The Morgan fingerprint density at radius 2 is 2.19 bits per heavy atom. The summed E-state index contributed by atoms with van der Waals surface area (Å²) in [7, 11) is 0. The van der Waals surface area contributed by atoms with Crippen LogP contribution >= 0.6 is 0 Å². The van der Waals surface area contributed by atoms with Crippen molar-refractivity contribution in [1.82, 2.24) is 10.3 Å². The van der Waals surface area contributed by atoms with Crippen molar-refractivity contribution >= 4 is 11.7 Å². The molecule has 21 heavy (non-hydrogen) atoms. The van der Waals surface area contributed by atoms with Crippen molar-refractivity contribution in [2.75, 3.05) is 24.5 Å². The van der Waals surface area contributed by atoms with E-state index in [0.29, 0.717) is 24.5 Å². The molecule has 5 nitrogen and oxygen atoms in total. The van der Waals surface area contributed by atoms with Crippen LogP contribution in [0.4, 0.5) is 5.82 Å². The highest BCUT2D eigenvalue weighted by molar-refractivity contribution is 5.81. The number of amides is 1. The van der Waals surface area contributed by atoms with Gasteiger partial charge in [-0.05, 0) is 51.2 Å². The summed E-state index contributed by atoms with van der Waals surface area (Å²) in [6.45, 7) is 5.37. The number of fused-ring (bicyclic) bond motifs is 1. The van der Waals surface area contributed by atoms with E-state index in [-0.39, 0.29) is 12.5 Å². The highest BCUT2D eigenvalue weighted by Gasteiger charge is 2.19. The SMILES string of the molecule is CCNC(=O)CN(CC)c1nc2c(cc1C#N)CCCC2. The van der Waals surface area contributed by atoms with E-state index in [1.807, 2.05) is 24.8 Å². The van der Waals surface area contributed by atoms with Crippen LogP contribution in [0.2, 0.25) is 0 Å². The maximum atomic E-state index is 11.8. The molecule has 112 valence electrons. The fourth-order valence-corrected chi connectivity index (χ4v) is 2.71. The summed E-state index contributed by atoms with van der Waals surface area (Å²) in [5, 5.41) is 12.2. The number of carbonyl (C=O) groups excluding carboxylic acids is 1. The van der Waals surface area contributed by atoms with E-state index in [4.69, 9.17) is 4.98 Å². The number of anilines is 1. The second-order valence-electron chi connectivity index (χ2n) is 5.25. The molecule has 0 saturated heterocycles. The summed E-state index contributed by atoms with van der Waals surface area (Å²) in [5.74, 6) is 0.606. The van der Waals surface area contributed by atoms with Gasteiger partial charge in [0.05, 0.1) is 12.1 Å². The van der Waals surface area contributed by atoms with Crippen molar-refractivity contribution in [3.05, 3.63) is 22.9 Å². The molecule has 0 atom stereocenters. The smallest absolute Gasteiger partial charge is 0.239 e. The van der Waals surface area contributed by atoms with Crippen LogP contribution < -0.4 is 10.2 Å². The van der Waals surface area contributed by atoms with Gasteiger partial charge in [0.2, 0.25) is 5.91 Å². The zero-order valence-electron chi connectivity index (χ0n) is 12.8. The van der Waals surface area contributed by atoms with E-state index in [0.717, 1.165) is 31.4 Å². The van der Waals surface area contributed by atoms with Gasteiger partial charge in [0.25, 0.3) is 0 Å². The van der Waals surface area contributed by atoms with Gasteiger partial charge in [0, 0.05) is 18.8 Å². The summed E-state index contributed by atoms with van der Waals surface area (Å²) in [5.41, 5.74) is 2.85. The molecule has 1 aromatic rings. The molecule has 1 heterocycles. The third-order valence-electron chi connectivity index (χ3n) is 3.79. The van der Waals surface area contributed by atoms with Crippen molar-refractivity contribution < 1.29 is 4.79 Å². The van der Waals surface area contributed by atoms with Crippen LogP contribution in [0.5, 0.6) is 0 Å². The second-order valence-corrected chi connectivity index (χ2v) is 5.25. The normalized spacial score (nSPS) is 13.2. The number of hydrogen-bond acceptors (Lipinski definition) is 4. The second kappa shape index (κ2) is 7.07. The van der Waals surface area contributed by atoms with Gasteiger partial charge < -0.3 is 10.2 Å². The Labute approximate surface area is 126 Å². The predicted molar refractivity (Wildman–Crippen MR) is 82.2 cm³/mol. The Kier molecular flexibility index (Phi) is 5.15. The molecule has 0 bridgehead atoms. The monoisotopic (exact) mass is 286 g/mol. The van der Waals surface area contributed by atoms with E-state index in [2.05, 4.69) is 11.4 Å². The molecular formula is C16H22N4O. The molecule has 2 rings (SSSR count). The van der Waals surface area contributed by atoms with Gasteiger partial charge in [0.1, 0.15) is 11.9 Å². The van der Waals surface area contributed by atoms with Gasteiger partial charge in [-0.1, -0.05) is 0 Å². The van der Waals surface area contributed by atoms with Crippen molar-refractivity contribution in [2.45, 2.75) is 39.5 Å². The van der Waals surface area contributed by atoms with E-state index >= 15 is 0 Å². The molecule has 0 unspecified atom stereocenters. The quantitative estimate of drug-likeness (QED) is 0.896. The lowest BCUT2D eigenvalue weighted by atomic mass is 9.95. The molecule has 1 N–H and O–H groups in total. The number of aromatic nitrogens is 1. The topological polar surface area (TPSA) is 69.0 Å². The molecule has 1 aliphatic rings. The van der Waals surface area contributed by atoms with Gasteiger partial charge in [0.15, 0.2) is 0 Å². The van der Waals surface area contributed by atoms with Crippen molar-refractivity contribution in [1.29, 1.82) is 5.26 Å². The Bertz CT molecular complexity index is 562. The lowest BCUT2D eigenvalue weighted by molar-refractivity contribution is -0.119. The number of carbonyl (C=O) groups is 1. The third-order valence-corrected chi connectivity index (χ3v) is 3.79. The molecule has 5 heteroatoms. The van der Waals surface area contributed by atoms with Crippen LogP contribution in [-0.4, -0.2) is 30.5 Å². The van der Waals surface area contributed by atoms with Crippen LogP contribution in [-0.2, 0) is 17.6 Å². The van der Waals surface area contributed by atoms with Crippen molar-refractivity contribution in [3.8, 4) is 6.07 Å². The number of nitriles is 1. The van der Waals surface area contributed by atoms with Crippen LogP contribution in [0.1, 0.15) is 43.5 Å². The number of aryl methyl sites for hydroxylation is 2. The Morgan fingerprint density at radius 1 is 1.43 bits per heavy atom. The van der Waals surface area contributed by atoms with E-state index in [1.165, 1.54) is 5.56 Å². The maximum absolute atomic E-state index is 11.8. The first kappa shape index (κ1) is 15.3. The summed E-state index contributed by atoms with van der Waals surface area (Å²) in [6.07, 6.45) is 4.27. The Morgan fingerprint density at radius 3 is 2.86 bits per heavy atom. The molecule has 1 aromatic heterocycles.